The van der Waals surface area contributed by atoms with E-state index in [-0.39, 0.29) is 17.8 Å². The molecule has 0 bridgehead atoms. The second kappa shape index (κ2) is 9.32. The Balaban J connectivity index is 1.38. The number of nitrogens with zero attached hydrogens (tertiary/aromatic N) is 2. The van der Waals surface area contributed by atoms with E-state index in [9.17, 15) is 9.59 Å². The standard InChI is InChI=1S/C23H17ClN4O4/c1-31-19-11-7-15(8-12-19)22-27-28-23(32-22)26-20(29)14-5-9-18(10-6-14)25-21(30)16-3-2-4-17(24)13-16/h2-13H,1H3,(H,25,30)(H,26,28,29). The van der Waals surface area contributed by atoms with Gasteiger partial charge >= 0.3 is 6.01 Å². The van der Waals surface area contributed by atoms with E-state index in [4.69, 9.17) is 20.8 Å². The van der Waals surface area contributed by atoms with E-state index in [2.05, 4.69) is 20.8 Å². The van der Waals surface area contributed by atoms with Crippen LogP contribution in [0, 0.1) is 0 Å². The number of hydrogen-bond donors (Lipinski definition) is 2. The number of methoxy groups -OCH3 is 1. The molecule has 4 rings (SSSR count). The fourth-order valence-corrected chi connectivity index (χ4v) is 3.02. The van der Waals surface area contributed by atoms with Crippen molar-refractivity contribution >= 4 is 35.1 Å². The summed E-state index contributed by atoms with van der Waals surface area (Å²) in [6.07, 6.45) is 0. The predicted octanol–water partition coefficient (Wildman–Crippen LogP) is 4.90. The molecule has 0 aliphatic heterocycles. The highest BCUT2D eigenvalue weighted by Gasteiger charge is 2.13. The topological polar surface area (TPSA) is 106 Å². The molecule has 4 aromatic rings. The zero-order chi connectivity index (χ0) is 22.5. The minimum absolute atomic E-state index is 0.0286. The minimum Gasteiger partial charge on any atom is -0.497 e. The van der Waals surface area contributed by atoms with Crippen LogP contribution in [0.4, 0.5) is 11.7 Å². The van der Waals surface area contributed by atoms with Gasteiger partial charge in [-0.3, -0.25) is 14.9 Å². The van der Waals surface area contributed by atoms with Gasteiger partial charge in [0.2, 0.25) is 5.89 Å². The highest BCUT2D eigenvalue weighted by molar-refractivity contribution is 6.31. The van der Waals surface area contributed by atoms with Gasteiger partial charge in [-0.1, -0.05) is 22.8 Å². The first-order chi connectivity index (χ1) is 15.5. The third-order valence-corrected chi connectivity index (χ3v) is 4.71. The Bertz CT molecular complexity index is 1250. The quantitative estimate of drug-likeness (QED) is 0.434. The van der Waals surface area contributed by atoms with Gasteiger partial charge in [-0.25, -0.2) is 0 Å². The zero-order valence-corrected chi connectivity index (χ0v) is 17.6. The van der Waals surface area contributed by atoms with Crippen molar-refractivity contribution in [2.24, 2.45) is 0 Å². The van der Waals surface area contributed by atoms with Crippen molar-refractivity contribution in [1.82, 2.24) is 10.2 Å². The number of aromatic nitrogens is 2. The SMILES string of the molecule is COc1ccc(-c2nnc(NC(=O)c3ccc(NC(=O)c4cccc(Cl)c4)cc3)o2)cc1. The lowest BCUT2D eigenvalue weighted by molar-refractivity contribution is 0.101. The fourth-order valence-electron chi connectivity index (χ4n) is 2.83. The second-order valence-corrected chi connectivity index (χ2v) is 7.07. The van der Waals surface area contributed by atoms with Gasteiger partial charge in [0.15, 0.2) is 0 Å². The summed E-state index contributed by atoms with van der Waals surface area (Å²) in [5.74, 6) is 0.236. The zero-order valence-electron chi connectivity index (χ0n) is 16.8. The van der Waals surface area contributed by atoms with Crippen molar-refractivity contribution in [2.75, 3.05) is 17.7 Å². The number of carbonyl (C=O) groups excluding carboxylic acids is 2. The summed E-state index contributed by atoms with van der Waals surface area (Å²) in [6, 6.07) is 20.1. The number of benzene rings is 3. The maximum Gasteiger partial charge on any atom is 0.322 e. The number of ether oxygens (including phenoxy) is 1. The van der Waals surface area contributed by atoms with Gasteiger partial charge < -0.3 is 14.5 Å². The van der Waals surface area contributed by atoms with E-state index in [0.717, 1.165) is 0 Å². The number of nitrogens with one attached hydrogen (secondary N) is 2. The molecule has 1 aromatic heterocycles. The van der Waals surface area contributed by atoms with Crippen molar-refractivity contribution < 1.29 is 18.7 Å². The average Bonchev–Trinajstić information content (AvgIpc) is 3.28. The van der Waals surface area contributed by atoms with E-state index < -0.39 is 5.91 Å². The number of carbonyl (C=O) groups is 2. The lowest BCUT2D eigenvalue weighted by atomic mass is 10.1. The predicted molar refractivity (Wildman–Crippen MR) is 120 cm³/mol. The molecule has 0 saturated heterocycles. The molecule has 3 aromatic carbocycles. The van der Waals surface area contributed by atoms with Crippen LogP contribution >= 0.6 is 11.6 Å². The van der Waals surface area contributed by atoms with Crippen LogP contribution in [-0.4, -0.2) is 29.1 Å². The molecule has 0 spiro atoms. The van der Waals surface area contributed by atoms with Gasteiger partial charge in [-0.15, -0.1) is 5.10 Å². The Labute approximate surface area is 188 Å². The molecule has 9 heteroatoms. The van der Waals surface area contributed by atoms with Crippen LogP contribution < -0.4 is 15.4 Å². The molecule has 2 amide bonds. The first-order valence-corrected chi connectivity index (χ1v) is 9.86. The Kier molecular flexibility index (Phi) is 6.14. The Hall–Kier alpha value is -4.17. The first kappa shape index (κ1) is 21.1. The second-order valence-electron chi connectivity index (χ2n) is 6.64. The van der Waals surface area contributed by atoms with Gasteiger partial charge in [0.05, 0.1) is 7.11 Å². The maximum atomic E-state index is 12.5. The minimum atomic E-state index is -0.428. The normalized spacial score (nSPS) is 10.4. The summed E-state index contributed by atoms with van der Waals surface area (Å²) in [5.41, 5.74) is 2.02. The molecule has 2 N–H and O–H groups in total. The highest BCUT2D eigenvalue weighted by atomic mass is 35.5. The Morgan fingerprint density at radius 1 is 0.875 bits per heavy atom. The first-order valence-electron chi connectivity index (χ1n) is 9.48. The van der Waals surface area contributed by atoms with Gasteiger partial charge in [-0.2, -0.15) is 0 Å². The van der Waals surface area contributed by atoms with Crippen LogP contribution in [0.3, 0.4) is 0 Å². The highest BCUT2D eigenvalue weighted by Crippen LogP contribution is 2.23. The van der Waals surface area contributed by atoms with E-state index in [1.807, 2.05) is 0 Å². The summed E-state index contributed by atoms with van der Waals surface area (Å²) in [4.78, 5) is 24.8. The maximum absolute atomic E-state index is 12.5. The van der Waals surface area contributed by atoms with Crippen LogP contribution in [0.2, 0.25) is 5.02 Å². The fraction of sp³-hybridized carbons (Fsp3) is 0.0435. The van der Waals surface area contributed by atoms with Gasteiger partial charge in [0, 0.05) is 27.4 Å². The average molecular weight is 449 g/mol. The molecule has 0 saturated carbocycles. The molecular weight excluding hydrogens is 432 g/mol. The number of anilines is 2. The van der Waals surface area contributed by atoms with Gasteiger partial charge in [0.1, 0.15) is 5.75 Å². The third-order valence-electron chi connectivity index (χ3n) is 4.47. The molecule has 1 heterocycles. The lowest BCUT2D eigenvalue weighted by Crippen LogP contribution is -2.14. The Morgan fingerprint density at radius 3 is 2.28 bits per heavy atom. The van der Waals surface area contributed by atoms with Crippen LogP contribution in [-0.2, 0) is 0 Å². The van der Waals surface area contributed by atoms with E-state index >= 15 is 0 Å². The number of hydrogen-bond acceptors (Lipinski definition) is 6. The molecule has 0 aliphatic carbocycles. The summed E-state index contributed by atoms with van der Waals surface area (Å²) >= 11 is 5.92. The molecule has 0 aliphatic rings. The van der Waals surface area contributed by atoms with Crippen LogP contribution in [0.1, 0.15) is 20.7 Å². The Morgan fingerprint density at radius 2 is 1.59 bits per heavy atom. The summed E-state index contributed by atoms with van der Waals surface area (Å²) in [6.45, 7) is 0. The molecule has 0 unspecified atom stereocenters. The van der Waals surface area contributed by atoms with E-state index in [1.165, 1.54) is 0 Å². The van der Waals surface area contributed by atoms with Crippen LogP contribution in [0.5, 0.6) is 5.75 Å². The van der Waals surface area contributed by atoms with Crippen molar-refractivity contribution in [2.45, 2.75) is 0 Å². The summed E-state index contributed by atoms with van der Waals surface area (Å²) in [5, 5.41) is 13.6. The molecule has 0 atom stereocenters. The van der Waals surface area contributed by atoms with Crippen LogP contribution in [0.15, 0.2) is 77.2 Å². The monoisotopic (exact) mass is 448 g/mol. The largest absolute Gasteiger partial charge is 0.497 e. The van der Waals surface area contributed by atoms with Crippen molar-refractivity contribution in [3.63, 3.8) is 0 Å². The number of rotatable bonds is 6. The number of halogens is 1. The molecule has 8 nitrogen and oxygen atoms in total. The van der Waals surface area contributed by atoms with Gasteiger partial charge in [-0.05, 0) is 66.7 Å². The smallest absolute Gasteiger partial charge is 0.322 e. The lowest BCUT2D eigenvalue weighted by Gasteiger charge is -2.07. The van der Waals surface area contributed by atoms with E-state index in [0.29, 0.717) is 33.1 Å². The molecule has 0 fully saturated rings. The van der Waals surface area contributed by atoms with E-state index in [1.54, 1.807) is 79.9 Å². The molecule has 32 heavy (non-hydrogen) atoms. The summed E-state index contributed by atoms with van der Waals surface area (Å²) < 4.78 is 10.6. The van der Waals surface area contributed by atoms with Crippen LogP contribution in [0.25, 0.3) is 11.5 Å². The molecule has 160 valence electrons. The third kappa shape index (κ3) is 4.93. The van der Waals surface area contributed by atoms with Gasteiger partial charge in [0.25, 0.3) is 11.8 Å². The molecular formula is C23H17ClN4O4. The molecule has 0 radical (unpaired) electrons. The number of amides is 2. The van der Waals surface area contributed by atoms with Crippen molar-refractivity contribution in [1.29, 1.82) is 0 Å². The van der Waals surface area contributed by atoms with Crippen molar-refractivity contribution in [3.8, 4) is 17.2 Å². The van der Waals surface area contributed by atoms with Crippen molar-refractivity contribution in [3.05, 3.63) is 88.9 Å². The summed E-state index contributed by atoms with van der Waals surface area (Å²) in [7, 11) is 1.58.